The number of rotatable bonds is 3. The monoisotopic (exact) mass is 389 g/mol. The summed E-state index contributed by atoms with van der Waals surface area (Å²) in [5.41, 5.74) is 1.25. The normalized spacial score (nSPS) is 28.2. The van der Waals surface area contributed by atoms with Crippen LogP contribution in [-0.4, -0.2) is 72.7 Å². The van der Waals surface area contributed by atoms with Crippen molar-refractivity contribution in [3.05, 3.63) is 24.3 Å². The molecule has 0 aromatic heterocycles. The number of piperidine rings is 1. The molecule has 5 nitrogen and oxygen atoms in total. The summed E-state index contributed by atoms with van der Waals surface area (Å²) in [4.78, 5) is 19.8. The van der Waals surface area contributed by atoms with Crippen LogP contribution in [-0.2, 0) is 0 Å². The van der Waals surface area contributed by atoms with Gasteiger partial charge in [-0.2, -0.15) is 11.8 Å². The molecule has 0 aliphatic carbocycles. The summed E-state index contributed by atoms with van der Waals surface area (Å²) in [6.45, 7) is 9.63. The van der Waals surface area contributed by atoms with E-state index >= 15 is 0 Å². The van der Waals surface area contributed by atoms with Gasteiger partial charge in [0, 0.05) is 56.0 Å². The highest BCUT2D eigenvalue weighted by Crippen LogP contribution is 2.36. The van der Waals surface area contributed by atoms with Crippen molar-refractivity contribution in [3.8, 4) is 5.75 Å². The zero-order valence-corrected chi connectivity index (χ0v) is 17.3. The molecule has 2 bridgehead atoms. The molecule has 1 aromatic rings. The van der Waals surface area contributed by atoms with Crippen LogP contribution >= 0.6 is 11.8 Å². The summed E-state index contributed by atoms with van der Waals surface area (Å²) in [6.07, 6.45) is 1.22. The van der Waals surface area contributed by atoms with Crippen molar-refractivity contribution in [1.29, 1.82) is 0 Å². The second-order valence-corrected chi connectivity index (χ2v) is 9.24. The minimum Gasteiger partial charge on any atom is -0.494 e. The predicted molar refractivity (Wildman–Crippen MR) is 112 cm³/mol. The van der Waals surface area contributed by atoms with Gasteiger partial charge < -0.3 is 19.4 Å². The molecule has 2 amide bonds. The van der Waals surface area contributed by atoms with Gasteiger partial charge in [0.2, 0.25) is 0 Å². The number of hydrogen-bond donors (Lipinski definition) is 0. The van der Waals surface area contributed by atoms with Gasteiger partial charge in [-0.15, -0.1) is 0 Å². The van der Waals surface area contributed by atoms with Crippen LogP contribution in [0.1, 0.15) is 20.3 Å². The van der Waals surface area contributed by atoms with Crippen molar-refractivity contribution in [1.82, 2.24) is 9.80 Å². The summed E-state index contributed by atoms with van der Waals surface area (Å²) < 4.78 is 5.59. The van der Waals surface area contributed by atoms with E-state index in [4.69, 9.17) is 4.74 Å². The molecule has 148 valence electrons. The highest BCUT2D eigenvalue weighted by atomic mass is 32.2. The molecule has 4 aliphatic heterocycles. The maximum Gasteiger partial charge on any atom is 0.320 e. The summed E-state index contributed by atoms with van der Waals surface area (Å²) in [5.74, 6) is 4.22. The number of benzene rings is 1. The zero-order valence-electron chi connectivity index (χ0n) is 16.5. The average Bonchev–Trinajstić information content (AvgIpc) is 2.98. The summed E-state index contributed by atoms with van der Waals surface area (Å²) >= 11 is 1.95. The summed E-state index contributed by atoms with van der Waals surface area (Å²) in [6, 6.07) is 9.13. The molecule has 5 rings (SSSR count). The molecule has 0 radical (unpaired) electrons. The van der Waals surface area contributed by atoms with Crippen LogP contribution in [0.5, 0.6) is 5.75 Å². The van der Waals surface area contributed by atoms with Gasteiger partial charge in [-0.1, -0.05) is 6.92 Å². The van der Waals surface area contributed by atoms with E-state index in [-0.39, 0.29) is 6.03 Å². The van der Waals surface area contributed by atoms with Crippen molar-refractivity contribution >= 4 is 23.5 Å². The number of fused-ring (bicyclic) bond motifs is 4. The molecular weight excluding hydrogens is 358 g/mol. The van der Waals surface area contributed by atoms with Crippen LogP contribution in [0.2, 0.25) is 0 Å². The van der Waals surface area contributed by atoms with Gasteiger partial charge in [-0.3, -0.25) is 0 Å². The third kappa shape index (κ3) is 4.00. The topological polar surface area (TPSA) is 36.0 Å². The molecule has 0 spiro atoms. The molecule has 0 saturated carbocycles. The minimum absolute atomic E-state index is 0.257. The smallest absolute Gasteiger partial charge is 0.320 e. The Bertz CT molecular complexity index is 647. The van der Waals surface area contributed by atoms with E-state index < -0.39 is 0 Å². The lowest BCUT2D eigenvalue weighted by Crippen LogP contribution is -2.51. The number of amides is 2. The first kappa shape index (κ1) is 18.8. The van der Waals surface area contributed by atoms with E-state index in [1.807, 2.05) is 18.7 Å². The Morgan fingerprint density at radius 3 is 2.56 bits per heavy atom. The van der Waals surface area contributed by atoms with E-state index in [1.165, 1.54) is 12.1 Å². The van der Waals surface area contributed by atoms with Gasteiger partial charge in [0.1, 0.15) is 5.75 Å². The minimum atomic E-state index is 0.257. The van der Waals surface area contributed by atoms with Crippen LogP contribution in [0.3, 0.4) is 0 Å². The first-order chi connectivity index (χ1) is 13.2. The van der Waals surface area contributed by atoms with Crippen molar-refractivity contribution < 1.29 is 9.53 Å². The average molecular weight is 390 g/mol. The van der Waals surface area contributed by atoms with Gasteiger partial charge >= 0.3 is 6.03 Å². The van der Waals surface area contributed by atoms with Crippen LogP contribution in [0.4, 0.5) is 10.5 Å². The molecule has 3 atom stereocenters. The Kier molecular flexibility index (Phi) is 5.71. The molecule has 27 heavy (non-hydrogen) atoms. The number of nitrogens with zero attached hydrogens (tertiary/aromatic N) is 3. The fourth-order valence-electron chi connectivity index (χ4n) is 4.81. The zero-order chi connectivity index (χ0) is 18.8. The fraction of sp³-hybridized carbons (Fsp3) is 0.667. The van der Waals surface area contributed by atoms with Crippen LogP contribution in [0, 0.1) is 11.8 Å². The maximum atomic E-state index is 13.1. The van der Waals surface area contributed by atoms with Crippen molar-refractivity contribution in [2.24, 2.45) is 11.8 Å². The van der Waals surface area contributed by atoms with Crippen LogP contribution in [0.25, 0.3) is 0 Å². The van der Waals surface area contributed by atoms with Gasteiger partial charge in [0.05, 0.1) is 6.61 Å². The van der Waals surface area contributed by atoms with E-state index in [1.54, 1.807) is 0 Å². The molecule has 3 unspecified atom stereocenters. The molecule has 4 fully saturated rings. The second-order valence-electron chi connectivity index (χ2n) is 8.01. The summed E-state index contributed by atoms with van der Waals surface area (Å²) in [7, 11) is 0. The van der Waals surface area contributed by atoms with Gasteiger partial charge in [-0.25, -0.2) is 4.79 Å². The lowest BCUT2D eigenvalue weighted by atomic mass is 9.85. The third-order valence-electron chi connectivity index (χ3n) is 6.13. The van der Waals surface area contributed by atoms with Crippen LogP contribution in [0.15, 0.2) is 24.3 Å². The largest absolute Gasteiger partial charge is 0.494 e. The van der Waals surface area contributed by atoms with E-state index in [0.717, 1.165) is 50.0 Å². The Labute approximate surface area is 167 Å². The number of anilines is 1. The first-order valence-electron chi connectivity index (χ1n) is 10.3. The Morgan fingerprint density at radius 1 is 1.11 bits per heavy atom. The summed E-state index contributed by atoms with van der Waals surface area (Å²) in [5, 5.41) is 0. The van der Waals surface area contributed by atoms with Crippen molar-refractivity contribution in [3.63, 3.8) is 0 Å². The third-order valence-corrected chi connectivity index (χ3v) is 7.08. The Balaban J connectivity index is 1.51. The molecule has 4 saturated heterocycles. The number of hydrogen-bond acceptors (Lipinski definition) is 4. The quantitative estimate of drug-likeness (QED) is 0.794. The highest BCUT2D eigenvalue weighted by molar-refractivity contribution is 7.99. The molecule has 0 N–H and O–H groups in total. The molecule has 4 heterocycles. The highest BCUT2D eigenvalue weighted by Gasteiger charge is 2.41. The predicted octanol–water partition coefficient (Wildman–Crippen LogP) is 3.40. The van der Waals surface area contributed by atoms with Gasteiger partial charge in [0.25, 0.3) is 0 Å². The molecular formula is C21H31N3O2S. The number of urea groups is 1. The number of carbonyl (C=O) groups is 1. The Morgan fingerprint density at radius 2 is 1.85 bits per heavy atom. The van der Waals surface area contributed by atoms with E-state index in [2.05, 4.69) is 45.9 Å². The fourth-order valence-corrected chi connectivity index (χ4v) is 5.71. The lowest BCUT2D eigenvalue weighted by Gasteiger charge is -2.42. The van der Waals surface area contributed by atoms with Crippen molar-refractivity contribution in [2.75, 3.05) is 55.7 Å². The number of carbonyl (C=O) groups excluding carboxylic acids is 1. The molecule has 4 aliphatic rings. The van der Waals surface area contributed by atoms with Gasteiger partial charge in [0.15, 0.2) is 0 Å². The first-order valence-corrected chi connectivity index (χ1v) is 11.4. The maximum absolute atomic E-state index is 13.1. The van der Waals surface area contributed by atoms with E-state index in [0.29, 0.717) is 24.5 Å². The standard InChI is InChI=1S/C21H31N3O2S/c1-3-26-19-6-4-18(5-7-19)24-14-17-12-16(2)20(24)15-23(13-17)21(25)22-8-10-27-11-9-22/h4-7,16-17,20H,3,8-15H2,1-2H3. The van der Waals surface area contributed by atoms with E-state index in [9.17, 15) is 4.79 Å². The van der Waals surface area contributed by atoms with Crippen LogP contribution < -0.4 is 9.64 Å². The number of thioether (sulfide) groups is 1. The second kappa shape index (κ2) is 8.21. The molecule has 6 heteroatoms. The SMILES string of the molecule is CCOc1ccc(N2CC3CC(C)C2CN(C(=O)N2CCSCC2)C3)cc1. The molecule has 1 aromatic carbocycles. The number of ether oxygens (including phenoxy) is 1. The van der Waals surface area contributed by atoms with Crippen molar-refractivity contribution in [2.45, 2.75) is 26.3 Å². The Hall–Kier alpha value is -1.56. The lowest BCUT2D eigenvalue weighted by molar-refractivity contribution is 0.155. The van der Waals surface area contributed by atoms with Gasteiger partial charge in [-0.05, 0) is 49.4 Å².